The number of amides is 1. The highest BCUT2D eigenvalue weighted by molar-refractivity contribution is 5.94. The van der Waals surface area contributed by atoms with Crippen LogP contribution in [0.4, 0.5) is 4.39 Å². The molecule has 0 aliphatic heterocycles. The molecular formula is C21H27FN4O. The predicted molar refractivity (Wildman–Crippen MR) is 107 cm³/mol. The molecule has 27 heavy (non-hydrogen) atoms. The third-order valence-electron chi connectivity index (χ3n) is 3.96. The molecule has 0 saturated carbocycles. The van der Waals surface area contributed by atoms with Gasteiger partial charge >= 0.3 is 0 Å². The second kappa shape index (κ2) is 11.0. The zero-order valence-electron chi connectivity index (χ0n) is 15.9. The van der Waals surface area contributed by atoms with E-state index in [2.05, 4.69) is 20.9 Å². The number of guanidine groups is 1. The van der Waals surface area contributed by atoms with Crippen molar-refractivity contribution in [2.45, 2.75) is 26.8 Å². The summed E-state index contributed by atoms with van der Waals surface area (Å²) >= 11 is 0. The monoisotopic (exact) mass is 370 g/mol. The SMILES string of the molecule is CCNC(=O)c1ccc(CN=C(NCC)NCCc2ccccc2F)cc1. The average Bonchev–Trinajstić information content (AvgIpc) is 2.68. The topological polar surface area (TPSA) is 65.5 Å². The maximum absolute atomic E-state index is 13.7. The lowest BCUT2D eigenvalue weighted by atomic mass is 10.1. The summed E-state index contributed by atoms with van der Waals surface area (Å²) in [7, 11) is 0. The third-order valence-corrected chi connectivity index (χ3v) is 3.96. The molecule has 0 radical (unpaired) electrons. The van der Waals surface area contributed by atoms with Crippen LogP contribution >= 0.6 is 0 Å². The molecule has 144 valence electrons. The zero-order chi connectivity index (χ0) is 19.5. The van der Waals surface area contributed by atoms with E-state index in [1.807, 2.05) is 32.0 Å². The average molecular weight is 370 g/mol. The molecule has 0 bridgehead atoms. The third kappa shape index (κ3) is 6.73. The first-order valence-electron chi connectivity index (χ1n) is 9.26. The molecule has 2 rings (SSSR count). The minimum atomic E-state index is -0.187. The molecule has 0 fully saturated rings. The Morgan fingerprint density at radius 3 is 2.33 bits per heavy atom. The fourth-order valence-corrected chi connectivity index (χ4v) is 2.55. The standard InChI is InChI=1S/C21H27FN4O/c1-3-23-20(27)18-11-9-16(10-12-18)15-26-21(24-4-2)25-14-13-17-7-5-6-8-19(17)22/h5-12H,3-4,13-15H2,1-2H3,(H,23,27)(H2,24,25,26). The highest BCUT2D eigenvalue weighted by atomic mass is 19.1. The van der Waals surface area contributed by atoms with Crippen LogP contribution in [0.5, 0.6) is 0 Å². The summed E-state index contributed by atoms with van der Waals surface area (Å²) in [6, 6.07) is 14.2. The van der Waals surface area contributed by atoms with Gasteiger partial charge in [0.2, 0.25) is 0 Å². The molecule has 0 spiro atoms. The number of carbonyl (C=O) groups is 1. The molecule has 0 unspecified atom stereocenters. The van der Waals surface area contributed by atoms with Crippen molar-refractivity contribution in [3.8, 4) is 0 Å². The highest BCUT2D eigenvalue weighted by Crippen LogP contribution is 2.07. The van der Waals surface area contributed by atoms with Gasteiger partial charge in [-0.25, -0.2) is 9.38 Å². The van der Waals surface area contributed by atoms with E-state index in [4.69, 9.17) is 0 Å². The van der Waals surface area contributed by atoms with Crippen LogP contribution < -0.4 is 16.0 Å². The van der Waals surface area contributed by atoms with Crippen molar-refractivity contribution in [1.82, 2.24) is 16.0 Å². The maximum Gasteiger partial charge on any atom is 0.251 e. The van der Waals surface area contributed by atoms with Crippen LogP contribution in [0.3, 0.4) is 0 Å². The van der Waals surface area contributed by atoms with Crippen LogP contribution in [0.25, 0.3) is 0 Å². The van der Waals surface area contributed by atoms with Gasteiger partial charge in [-0.15, -0.1) is 0 Å². The summed E-state index contributed by atoms with van der Waals surface area (Å²) in [4.78, 5) is 16.3. The van der Waals surface area contributed by atoms with Crippen LogP contribution in [-0.2, 0) is 13.0 Å². The molecule has 1 amide bonds. The molecule has 0 saturated heterocycles. The van der Waals surface area contributed by atoms with Gasteiger partial charge in [0.05, 0.1) is 6.54 Å². The summed E-state index contributed by atoms with van der Waals surface area (Å²) in [5.74, 6) is 0.422. The normalized spacial score (nSPS) is 11.1. The first kappa shape index (κ1) is 20.4. The van der Waals surface area contributed by atoms with E-state index in [0.29, 0.717) is 43.1 Å². The molecule has 3 N–H and O–H groups in total. The lowest BCUT2D eigenvalue weighted by molar-refractivity contribution is 0.0956. The molecule has 2 aromatic carbocycles. The minimum Gasteiger partial charge on any atom is -0.357 e. The Morgan fingerprint density at radius 1 is 0.963 bits per heavy atom. The number of aliphatic imine (C=N–C) groups is 1. The molecule has 5 nitrogen and oxygen atoms in total. The Labute approximate surface area is 160 Å². The Kier molecular flexibility index (Phi) is 8.29. The number of carbonyl (C=O) groups excluding carboxylic acids is 1. The first-order chi connectivity index (χ1) is 13.1. The largest absolute Gasteiger partial charge is 0.357 e. The van der Waals surface area contributed by atoms with E-state index >= 15 is 0 Å². The second-order valence-corrected chi connectivity index (χ2v) is 6.02. The summed E-state index contributed by atoms with van der Waals surface area (Å²) in [5.41, 5.74) is 2.33. The van der Waals surface area contributed by atoms with Gasteiger partial charge < -0.3 is 16.0 Å². The number of rotatable bonds is 8. The summed E-state index contributed by atoms with van der Waals surface area (Å²) < 4.78 is 13.7. The number of nitrogens with one attached hydrogen (secondary N) is 3. The van der Waals surface area contributed by atoms with Crippen molar-refractivity contribution in [3.63, 3.8) is 0 Å². The van der Waals surface area contributed by atoms with Gasteiger partial charge in [0, 0.05) is 25.2 Å². The Bertz CT molecular complexity index is 759. The van der Waals surface area contributed by atoms with Crippen molar-refractivity contribution in [2.24, 2.45) is 4.99 Å². The molecule has 0 aromatic heterocycles. The summed E-state index contributed by atoms with van der Waals surface area (Å²) in [6.07, 6.45) is 0.582. The first-order valence-corrected chi connectivity index (χ1v) is 9.26. The number of benzene rings is 2. The molecule has 0 aliphatic rings. The molecular weight excluding hydrogens is 343 g/mol. The van der Waals surface area contributed by atoms with Gasteiger partial charge in [0.25, 0.3) is 5.91 Å². The van der Waals surface area contributed by atoms with Crippen LogP contribution in [0.2, 0.25) is 0 Å². The number of halogens is 1. The summed E-state index contributed by atoms with van der Waals surface area (Å²) in [6.45, 7) is 6.31. The molecule has 0 atom stereocenters. The number of hydrogen-bond acceptors (Lipinski definition) is 2. The fourth-order valence-electron chi connectivity index (χ4n) is 2.55. The van der Waals surface area contributed by atoms with Gasteiger partial charge in [-0.05, 0) is 49.6 Å². The van der Waals surface area contributed by atoms with Gasteiger partial charge in [0.1, 0.15) is 5.82 Å². The highest BCUT2D eigenvalue weighted by Gasteiger charge is 2.04. The van der Waals surface area contributed by atoms with Gasteiger partial charge in [-0.3, -0.25) is 4.79 Å². The summed E-state index contributed by atoms with van der Waals surface area (Å²) in [5, 5.41) is 9.18. The Balaban J connectivity index is 1.90. The van der Waals surface area contributed by atoms with Gasteiger partial charge in [-0.2, -0.15) is 0 Å². The van der Waals surface area contributed by atoms with E-state index < -0.39 is 0 Å². The zero-order valence-corrected chi connectivity index (χ0v) is 15.9. The quantitative estimate of drug-likeness (QED) is 0.494. The molecule has 0 aliphatic carbocycles. The van der Waals surface area contributed by atoms with E-state index in [0.717, 1.165) is 12.1 Å². The van der Waals surface area contributed by atoms with Crippen molar-refractivity contribution < 1.29 is 9.18 Å². The van der Waals surface area contributed by atoms with Crippen molar-refractivity contribution in [1.29, 1.82) is 0 Å². The van der Waals surface area contributed by atoms with E-state index in [9.17, 15) is 9.18 Å². The van der Waals surface area contributed by atoms with Gasteiger partial charge in [0.15, 0.2) is 5.96 Å². The predicted octanol–water partition coefficient (Wildman–Crippen LogP) is 2.87. The van der Waals surface area contributed by atoms with E-state index in [1.165, 1.54) is 6.07 Å². The maximum atomic E-state index is 13.7. The van der Waals surface area contributed by atoms with Gasteiger partial charge in [-0.1, -0.05) is 30.3 Å². The second-order valence-electron chi connectivity index (χ2n) is 6.02. The molecule has 6 heteroatoms. The molecule has 0 heterocycles. The smallest absolute Gasteiger partial charge is 0.251 e. The lowest BCUT2D eigenvalue weighted by Crippen LogP contribution is -2.38. The Morgan fingerprint density at radius 2 is 1.67 bits per heavy atom. The van der Waals surface area contributed by atoms with Crippen molar-refractivity contribution in [2.75, 3.05) is 19.6 Å². The lowest BCUT2D eigenvalue weighted by Gasteiger charge is -2.11. The van der Waals surface area contributed by atoms with E-state index in [-0.39, 0.29) is 11.7 Å². The van der Waals surface area contributed by atoms with E-state index in [1.54, 1.807) is 24.3 Å². The number of hydrogen-bond donors (Lipinski definition) is 3. The Hall–Kier alpha value is -2.89. The number of nitrogens with zero attached hydrogens (tertiary/aromatic N) is 1. The fraction of sp³-hybridized carbons (Fsp3) is 0.333. The van der Waals surface area contributed by atoms with Crippen LogP contribution in [-0.4, -0.2) is 31.5 Å². The minimum absolute atomic E-state index is 0.0734. The van der Waals surface area contributed by atoms with Crippen molar-refractivity contribution in [3.05, 3.63) is 71.0 Å². The van der Waals surface area contributed by atoms with Crippen molar-refractivity contribution >= 4 is 11.9 Å². The van der Waals surface area contributed by atoms with Crippen LogP contribution in [0.15, 0.2) is 53.5 Å². The van der Waals surface area contributed by atoms with Crippen LogP contribution in [0.1, 0.15) is 35.3 Å². The van der Waals surface area contributed by atoms with Crippen LogP contribution in [0, 0.1) is 5.82 Å². The molecule has 2 aromatic rings.